The first-order valence-corrected chi connectivity index (χ1v) is 12.2. The molecule has 2 aromatic carbocycles. The molecule has 5 rings (SSSR count). The monoisotopic (exact) mass is 505 g/mol. The Balaban J connectivity index is 1.43. The Morgan fingerprint density at radius 2 is 1.94 bits per heavy atom. The van der Waals surface area contributed by atoms with Crippen LogP contribution in [0.4, 0.5) is 13.2 Å². The van der Waals surface area contributed by atoms with Gasteiger partial charge in [-0.1, -0.05) is 24.2 Å². The molecule has 2 fully saturated rings. The molecule has 3 aliphatic rings. The van der Waals surface area contributed by atoms with Gasteiger partial charge in [0.2, 0.25) is 0 Å². The highest BCUT2D eigenvalue weighted by Crippen LogP contribution is 2.61. The number of halogens is 3. The maximum atomic E-state index is 12.6. The molecule has 0 heterocycles. The summed E-state index contributed by atoms with van der Waals surface area (Å²) in [5.41, 5.74) is 2.87. The van der Waals surface area contributed by atoms with Crippen LogP contribution < -0.4 is 9.47 Å². The normalized spacial score (nSPS) is 30.3. The summed E-state index contributed by atoms with van der Waals surface area (Å²) in [5.74, 6) is 0.940. The second-order valence-corrected chi connectivity index (χ2v) is 10.3. The van der Waals surface area contributed by atoms with Gasteiger partial charge in [0, 0.05) is 5.56 Å². The van der Waals surface area contributed by atoms with E-state index in [-0.39, 0.29) is 41.5 Å². The van der Waals surface area contributed by atoms with E-state index in [2.05, 4.69) is 16.8 Å². The maximum absolute atomic E-state index is 12.6. The standard InChI is InChI=1S/C27H30F3NO5/c1-26-9-8-17-18-13-24(34-2)23(32)12-20(18)22(11-19(17)21(26)6-7-25(26)33)31-35-14-15-4-3-5-16(10-15)36-27(28,29)30/h3-5,10,12-13,17,19,21,25,32-33H,6-9,11,14H2,1-2H3/t17-,19-,21+,25-,26+/m1/s1. The highest BCUT2D eigenvalue weighted by molar-refractivity contribution is 6.03. The van der Waals surface area contributed by atoms with Crippen molar-refractivity contribution >= 4 is 5.71 Å². The number of alkyl halides is 3. The zero-order valence-electron chi connectivity index (χ0n) is 20.2. The van der Waals surface area contributed by atoms with Gasteiger partial charge < -0.3 is 24.5 Å². The average molecular weight is 506 g/mol. The largest absolute Gasteiger partial charge is 0.573 e. The number of rotatable bonds is 5. The van der Waals surface area contributed by atoms with Crippen LogP contribution in [0.1, 0.15) is 61.6 Å². The minimum Gasteiger partial charge on any atom is -0.504 e. The molecule has 0 saturated heterocycles. The molecule has 0 aromatic heterocycles. The van der Waals surface area contributed by atoms with Gasteiger partial charge in [0.05, 0.1) is 18.9 Å². The second-order valence-electron chi connectivity index (χ2n) is 10.3. The van der Waals surface area contributed by atoms with Crippen LogP contribution in [0.5, 0.6) is 17.2 Å². The number of hydrogen-bond acceptors (Lipinski definition) is 6. The van der Waals surface area contributed by atoms with Crippen molar-refractivity contribution in [2.24, 2.45) is 22.4 Å². The zero-order valence-corrected chi connectivity index (χ0v) is 20.2. The molecule has 0 amide bonds. The van der Waals surface area contributed by atoms with Crippen LogP contribution in [0.25, 0.3) is 0 Å². The topological polar surface area (TPSA) is 80.5 Å². The number of fused-ring (bicyclic) bond motifs is 5. The predicted molar refractivity (Wildman–Crippen MR) is 126 cm³/mol. The first-order valence-electron chi connectivity index (χ1n) is 12.2. The van der Waals surface area contributed by atoms with Gasteiger partial charge in [-0.15, -0.1) is 13.2 Å². The van der Waals surface area contributed by atoms with E-state index >= 15 is 0 Å². The third-order valence-corrected chi connectivity index (χ3v) is 8.42. The first kappa shape index (κ1) is 24.7. The van der Waals surface area contributed by atoms with Crippen LogP contribution in [0.2, 0.25) is 0 Å². The van der Waals surface area contributed by atoms with Crippen LogP contribution >= 0.6 is 0 Å². The summed E-state index contributed by atoms with van der Waals surface area (Å²) < 4.78 is 47.0. The number of phenolic OH excluding ortho intramolecular Hbond substituents is 1. The number of aliphatic hydroxyl groups excluding tert-OH is 1. The molecule has 9 heteroatoms. The fourth-order valence-corrected chi connectivity index (χ4v) is 6.67. The summed E-state index contributed by atoms with van der Waals surface area (Å²) in [5, 5.41) is 25.6. The van der Waals surface area contributed by atoms with Gasteiger partial charge in [0.1, 0.15) is 12.4 Å². The maximum Gasteiger partial charge on any atom is 0.573 e. The summed E-state index contributed by atoms with van der Waals surface area (Å²) in [6, 6.07) is 9.13. The third-order valence-electron chi connectivity index (χ3n) is 8.42. The van der Waals surface area contributed by atoms with E-state index in [4.69, 9.17) is 9.57 Å². The minimum atomic E-state index is -4.77. The molecule has 2 N–H and O–H groups in total. The minimum absolute atomic E-state index is 0.0105. The summed E-state index contributed by atoms with van der Waals surface area (Å²) in [6.07, 6.45) is -0.861. The fourth-order valence-electron chi connectivity index (χ4n) is 6.67. The molecule has 6 nitrogen and oxygen atoms in total. The number of aliphatic hydroxyl groups is 1. The van der Waals surface area contributed by atoms with Crippen LogP contribution in [0.15, 0.2) is 41.6 Å². The number of phenols is 1. The van der Waals surface area contributed by atoms with Crippen molar-refractivity contribution in [2.75, 3.05) is 7.11 Å². The predicted octanol–water partition coefficient (Wildman–Crippen LogP) is 5.89. The van der Waals surface area contributed by atoms with Crippen molar-refractivity contribution in [3.63, 3.8) is 0 Å². The Morgan fingerprint density at radius 3 is 2.69 bits per heavy atom. The molecular weight excluding hydrogens is 475 g/mol. The van der Waals surface area contributed by atoms with Gasteiger partial charge in [-0.2, -0.15) is 0 Å². The van der Waals surface area contributed by atoms with Crippen LogP contribution in [0.3, 0.4) is 0 Å². The van der Waals surface area contributed by atoms with Gasteiger partial charge >= 0.3 is 6.36 Å². The van der Waals surface area contributed by atoms with Crippen molar-refractivity contribution in [3.8, 4) is 17.2 Å². The Morgan fingerprint density at radius 1 is 1.14 bits per heavy atom. The van der Waals surface area contributed by atoms with Gasteiger partial charge in [0.25, 0.3) is 0 Å². The van der Waals surface area contributed by atoms with Gasteiger partial charge in [-0.05, 0) is 90.7 Å². The fraction of sp³-hybridized carbons (Fsp3) is 0.519. The highest BCUT2D eigenvalue weighted by atomic mass is 19.4. The molecule has 2 aromatic rings. The molecule has 194 valence electrons. The number of oxime groups is 1. The molecule has 3 aliphatic carbocycles. The van der Waals surface area contributed by atoms with E-state index in [1.54, 1.807) is 12.1 Å². The second kappa shape index (κ2) is 9.18. The Bertz CT molecular complexity index is 1170. The van der Waals surface area contributed by atoms with E-state index in [0.717, 1.165) is 36.8 Å². The molecule has 0 unspecified atom stereocenters. The lowest BCUT2D eigenvalue weighted by Crippen LogP contribution is -2.45. The van der Waals surface area contributed by atoms with Crippen molar-refractivity contribution in [1.82, 2.24) is 0 Å². The SMILES string of the molecule is COc1cc2c(cc1O)C(=NOCc1cccc(OC(F)(F)F)c1)C[C@@H]1[C@@H]2CC[C@]2(C)[C@H](O)CC[C@@H]12. The van der Waals surface area contributed by atoms with Crippen molar-refractivity contribution in [2.45, 2.75) is 64.0 Å². The number of methoxy groups -OCH3 is 1. The smallest absolute Gasteiger partial charge is 0.504 e. The molecular formula is C27H30F3NO5. The lowest BCUT2D eigenvalue weighted by molar-refractivity contribution is -0.274. The molecule has 5 atom stereocenters. The Kier molecular flexibility index (Phi) is 6.31. The molecule has 0 bridgehead atoms. The summed E-state index contributed by atoms with van der Waals surface area (Å²) in [7, 11) is 1.52. The van der Waals surface area contributed by atoms with Gasteiger partial charge in [-0.3, -0.25) is 0 Å². The lowest BCUT2D eigenvalue weighted by atomic mass is 9.55. The number of nitrogens with zero attached hydrogens (tertiary/aromatic N) is 1. The molecule has 2 saturated carbocycles. The zero-order chi connectivity index (χ0) is 25.7. The summed E-state index contributed by atoms with van der Waals surface area (Å²) >= 11 is 0. The first-order chi connectivity index (χ1) is 17.1. The summed E-state index contributed by atoms with van der Waals surface area (Å²) in [6.45, 7) is 2.14. The van der Waals surface area contributed by atoms with E-state index in [1.165, 1.54) is 25.3 Å². The number of hydrogen-bond donors (Lipinski definition) is 2. The molecule has 0 spiro atoms. The van der Waals surface area contributed by atoms with E-state index in [9.17, 15) is 23.4 Å². The van der Waals surface area contributed by atoms with Crippen LogP contribution in [-0.2, 0) is 11.4 Å². The lowest BCUT2D eigenvalue weighted by Gasteiger charge is -2.50. The van der Waals surface area contributed by atoms with E-state index in [0.29, 0.717) is 29.4 Å². The Labute approximate surface area is 207 Å². The quantitative estimate of drug-likeness (QED) is 0.495. The number of aromatic hydroxyl groups is 1. The average Bonchev–Trinajstić information content (AvgIpc) is 3.12. The third kappa shape index (κ3) is 4.49. The van der Waals surface area contributed by atoms with Crippen molar-refractivity contribution in [1.29, 1.82) is 0 Å². The molecule has 0 radical (unpaired) electrons. The van der Waals surface area contributed by atoms with Gasteiger partial charge in [-0.25, -0.2) is 0 Å². The molecule has 36 heavy (non-hydrogen) atoms. The van der Waals surface area contributed by atoms with Crippen LogP contribution in [-0.4, -0.2) is 35.5 Å². The number of benzene rings is 2. The van der Waals surface area contributed by atoms with Crippen LogP contribution in [0, 0.1) is 17.3 Å². The highest BCUT2D eigenvalue weighted by Gasteiger charge is 2.55. The van der Waals surface area contributed by atoms with Gasteiger partial charge in [0.15, 0.2) is 11.5 Å². The summed E-state index contributed by atoms with van der Waals surface area (Å²) in [4.78, 5) is 5.62. The Hall–Kier alpha value is -2.94. The van der Waals surface area contributed by atoms with E-state index < -0.39 is 6.36 Å². The van der Waals surface area contributed by atoms with E-state index in [1.807, 2.05) is 6.07 Å². The molecule has 0 aliphatic heterocycles. The van der Waals surface area contributed by atoms with Crippen molar-refractivity contribution < 1.29 is 37.7 Å². The number of ether oxygens (including phenoxy) is 2. The van der Waals surface area contributed by atoms with Crippen molar-refractivity contribution in [3.05, 3.63) is 53.1 Å².